The third kappa shape index (κ3) is 7.60. The summed E-state index contributed by atoms with van der Waals surface area (Å²) in [5.41, 5.74) is 1.34. The molecule has 0 amide bonds. The van der Waals surface area contributed by atoms with E-state index in [2.05, 4.69) is 26.8 Å². The molecule has 1 heteroatoms. The van der Waals surface area contributed by atoms with E-state index in [1.165, 1.54) is 5.57 Å². The van der Waals surface area contributed by atoms with Crippen molar-refractivity contribution in [2.24, 2.45) is 5.92 Å². The van der Waals surface area contributed by atoms with E-state index in [0.29, 0.717) is 12.3 Å². The average Bonchev–Trinajstić information content (AvgIpc) is 1.84. The monoisotopic (exact) mass is 157 g/mol. The summed E-state index contributed by atoms with van der Waals surface area (Å²) in [6.45, 7) is 5.36. The first-order valence-corrected chi connectivity index (χ1v) is 4.26. The third-order valence-electron chi connectivity index (χ3n) is 1.72. The molecule has 66 valence electrons. The van der Waals surface area contributed by atoms with Crippen LogP contribution in [0.25, 0.3) is 0 Å². The number of allylic oxidation sites excluding steroid dienone is 2. The average molecular weight is 157 g/mol. The molecule has 0 saturated carbocycles. The Morgan fingerprint density at radius 1 is 1.55 bits per heavy atom. The first-order valence-electron chi connectivity index (χ1n) is 4.83. The standard InChI is InChI=1S/C10H20O/c1-9(2)5-4-6-10(3)7-8-11/h5,10-11H,4,6-8H2,1-3H3/i8D. The predicted molar refractivity (Wildman–Crippen MR) is 49.5 cm³/mol. The van der Waals surface area contributed by atoms with Crippen molar-refractivity contribution in [3.8, 4) is 0 Å². The lowest BCUT2D eigenvalue weighted by atomic mass is 10.0. The molecule has 0 bridgehead atoms. The maximum absolute atomic E-state index is 8.78. The fourth-order valence-corrected chi connectivity index (χ4v) is 0.954. The lowest BCUT2D eigenvalue weighted by Gasteiger charge is -2.06. The molecule has 0 fully saturated rings. The summed E-state index contributed by atoms with van der Waals surface area (Å²) in [6.07, 6.45) is 4.93. The molecule has 0 aromatic carbocycles. The Labute approximate surface area is 71.5 Å². The van der Waals surface area contributed by atoms with Crippen LogP contribution >= 0.6 is 0 Å². The van der Waals surface area contributed by atoms with Crippen molar-refractivity contribution in [2.75, 3.05) is 6.58 Å². The molecule has 2 atom stereocenters. The van der Waals surface area contributed by atoms with Crippen LogP contribution in [0.2, 0.25) is 0 Å². The summed E-state index contributed by atoms with van der Waals surface area (Å²) in [5.74, 6) is 0.452. The number of aliphatic hydroxyl groups excluding tert-OH is 1. The summed E-state index contributed by atoms with van der Waals surface area (Å²) >= 11 is 0. The smallest absolute Gasteiger partial charge is 0.0564 e. The second-order valence-corrected chi connectivity index (χ2v) is 3.38. The summed E-state index contributed by atoms with van der Waals surface area (Å²) in [4.78, 5) is 0. The maximum Gasteiger partial charge on any atom is 0.0564 e. The van der Waals surface area contributed by atoms with Crippen molar-refractivity contribution >= 4 is 0 Å². The highest BCUT2D eigenvalue weighted by Crippen LogP contribution is 2.10. The molecule has 11 heavy (non-hydrogen) atoms. The number of aliphatic hydroxyl groups is 1. The number of rotatable bonds is 5. The van der Waals surface area contributed by atoms with Gasteiger partial charge in [0.25, 0.3) is 0 Å². The van der Waals surface area contributed by atoms with E-state index >= 15 is 0 Å². The van der Waals surface area contributed by atoms with E-state index in [9.17, 15) is 0 Å². The Kier molecular flexibility index (Phi) is 5.13. The van der Waals surface area contributed by atoms with Crippen LogP contribution in [0, 0.1) is 5.92 Å². The Morgan fingerprint density at radius 2 is 2.18 bits per heavy atom. The highest BCUT2D eigenvalue weighted by molar-refractivity contribution is 4.92. The quantitative estimate of drug-likeness (QED) is 0.608. The highest BCUT2D eigenvalue weighted by Gasteiger charge is 1.98. The van der Waals surface area contributed by atoms with Gasteiger partial charge in [-0.1, -0.05) is 18.6 Å². The Morgan fingerprint density at radius 3 is 2.64 bits per heavy atom. The second kappa shape index (κ2) is 6.41. The lowest BCUT2D eigenvalue weighted by molar-refractivity contribution is 0.259. The van der Waals surface area contributed by atoms with Gasteiger partial charge in [0, 0.05) is 6.58 Å². The molecule has 0 aromatic rings. The second-order valence-electron chi connectivity index (χ2n) is 3.38. The molecule has 0 saturated heterocycles. The minimum absolute atomic E-state index is 0.452. The van der Waals surface area contributed by atoms with Crippen molar-refractivity contribution < 1.29 is 6.48 Å². The van der Waals surface area contributed by atoms with Gasteiger partial charge in [0.05, 0.1) is 1.37 Å². The topological polar surface area (TPSA) is 20.2 Å². The molecule has 1 nitrogen and oxygen atoms in total. The SMILES string of the molecule is [2H]C(O)CC(C)CCC=C(C)C. The summed E-state index contributed by atoms with van der Waals surface area (Å²) in [5, 5.41) is 8.78. The normalized spacial score (nSPS) is 16.9. The lowest BCUT2D eigenvalue weighted by Crippen LogP contribution is -1.96. The summed E-state index contributed by atoms with van der Waals surface area (Å²) in [7, 11) is 0. The third-order valence-corrected chi connectivity index (χ3v) is 1.72. The van der Waals surface area contributed by atoms with Crippen molar-refractivity contribution in [1.82, 2.24) is 0 Å². The number of hydrogen-bond donors (Lipinski definition) is 1. The van der Waals surface area contributed by atoms with Gasteiger partial charge in [-0.15, -0.1) is 0 Å². The van der Waals surface area contributed by atoms with E-state index in [1.807, 2.05) is 0 Å². The highest BCUT2D eigenvalue weighted by atomic mass is 16.2. The Balaban J connectivity index is 3.44. The van der Waals surface area contributed by atoms with Crippen LogP contribution in [0.5, 0.6) is 0 Å². The van der Waals surface area contributed by atoms with Gasteiger partial charge in [-0.3, -0.25) is 0 Å². The Bertz CT molecular complexity index is 137. The molecule has 0 heterocycles. The van der Waals surface area contributed by atoms with Crippen molar-refractivity contribution in [3.63, 3.8) is 0 Å². The van der Waals surface area contributed by atoms with E-state index in [1.54, 1.807) is 0 Å². The van der Waals surface area contributed by atoms with E-state index in [4.69, 9.17) is 6.48 Å². The molecule has 2 unspecified atom stereocenters. The zero-order chi connectivity index (χ0) is 9.56. The van der Waals surface area contributed by atoms with Gasteiger partial charge in [0.1, 0.15) is 0 Å². The molecular weight excluding hydrogens is 136 g/mol. The molecular formula is C10H20O. The van der Waals surface area contributed by atoms with Gasteiger partial charge in [0.2, 0.25) is 0 Å². The minimum Gasteiger partial charge on any atom is -0.396 e. The van der Waals surface area contributed by atoms with Crippen LogP contribution in [0.15, 0.2) is 11.6 Å². The first-order chi connectivity index (χ1) is 5.52. The van der Waals surface area contributed by atoms with Crippen molar-refractivity contribution in [1.29, 1.82) is 0 Å². The molecule has 0 aliphatic heterocycles. The molecule has 0 aliphatic carbocycles. The largest absolute Gasteiger partial charge is 0.396 e. The fraction of sp³-hybridized carbons (Fsp3) is 0.800. The molecule has 0 aliphatic rings. The minimum atomic E-state index is -0.897. The summed E-state index contributed by atoms with van der Waals surface area (Å²) < 4.78 is 6.97. The van der Waals surface area contributed by atoms with Crippen LogP contribution in [-0.2, 0) is 0 Å². The maximum atomic E-state index is 8.78. The zero-order valence-corrected chi connectivity index (χ0v) is 7.80. The van der Waals surface area contributed by atoms with Crippen molar-refractivity contribution in [2.45, 2.75) is 40.0 Å². The van der Waals surface area contributed by atoms with Gasteiger partial charge >= 0.3 is 0 Å². The van der Waals surface area contributed by atoms with E-state index in [0.717, 1.165) is 12.8 Å². The summed E-state index contributed by atoms with van der Waals surface area (Å²) in [6, 6.07) is 0. The van der Waals surface area contributed by atoms with Crippen molar-refractivity contribution in [3.05, 3.63) is 11.6 Å². The van der Waals surface area contributed by atoms with E-state index in [-0.39, 0.29) is 0 Å². The van der Waals surface area contributed by atoms with Gasteiger partial charge in [-0.2, -0.15) is 0 Å². The van der Waals surface area contributed by atoms with Gasteiger partial charge < -0.3 is 5.11 Å². The van der Waals surface area contributed by atoms with Crippen LogP contribution in [0.4, 0.5) is 0 Å². The van der Waals surface area contributed by atoms with Crippen LogP contribution in [-0.4, -0.2) is 11.7 Å². The van der Waals surface area contributed by atoms with Gasteiger partial charge in [-0.05, 0) is 39.0 Å². The zero-order valence-electron chi connectivity index (χ0n) is 8.80. The van der Waals surface area contributed by atoms with Crippen LogP contribution in [0.1, 0.15) is 41.4 Å². The van der Waals surface area contributed by atoms with E-state index < -0.39 is 6.58 Å². The molecule has 1 N–H and O–H groups in total. The van der Waals surface area contributed by atoms with Gasteiger partial charge in [-0.25, -0.2) is 0 Å². The molecule has 0 radical (unpaired) electrons. The predicted octanol–water partition coefficient (Wildman–Crippen LogP) is 2.75. The van der Waals surface area contributed by atoms with Crippen LogP contribution < -0.4 is 0 Å². The molecule has 0 spiro atoms. The van der Waals surface area contributed by atoms with Gasteiger partial charge in [0.15, 0.2) is 0 Å². The first kappa shape index (κ1) is 8.79. The van der Waals surface area contributed by atoms with Crippen LogP contribution in [0.3, 0.4) is 0 Å². The fourth-order valence-electron chi connectivity index (χ4n) is 0.954. The number of hydrogen-bond acceptors (Lipinski definition) is 1. The molecule has 0 rings (SSSR count). The molecule has 0 aromatic heterocycles. The Hall–Kier alpha value is -0.300.